The number of halogens is 2. The molecule has 0 unspecified atom stereocenters. The van der Waals surface area contributed by atoms with E-state index in [0.29, 0.717) is 39.2 Å². The first-order valence-electron chi connectivity index (χ1n) is 10.7. The minimum Gasteiger partial charge on any atom is -0.507 e. The fourth-order valence-electron chi connectivity index (χ4n) is 4.01. The molecule has 0 radical (unpaired) electrons. The molecule has 1 saturated heterocycles. The van der Waals surface area contributed by atoms with Gasteiger partial charge in [-0.3, -0.25) is 14.5 Å². The number of Topliss-reactive ketones (excluding diaryl/α,β-unsaturated/α-hetero) is 1. The van der Waals surface area contributed by atoms with Crippen molar-refractivity contribution < 1.29 is 19.4 Å². The number of benzene rings is 3. The smallest absolute Gasteiger partial charge is 0.301 e. The summed E-state index contributed by atoms with van der Waals surface area (Å²) in [5.74, 6) is -1.10. The first kappa shape index (κ1) is 23.5. The second-order valence-electron chi connectivity index (χ2n) is 7.79. The number of rotatable bonds is 5. The van der Waals surface area contributed by atoms with Gasteiger partial charge in [0.15, 0.2) is 5.13 Å². The molecule has 1 atom stereocenters. The van der Waals surface area contributed by atoms with Gasteiger partial charge in [0.05, 0.1) is 28.4 Å². The Kier molecular flexibility index (Phi) is 6.35. The van der Waals surface area contributed by atoms with E-state index >= 15 is 0 Å². The van der Waals surface area contributed by atoms with Gasteiger partial charge in [-0.25, -0.2) is 4.98 Å². The van der Waals surface area contributed by atoms with Crippen molar-refractivity contribution in [2.45, 2.75) is 13.0 Å². The number of thiazole rings is 1. The Bertz CT molecular complexity index is 1480. The number of aliphatic hydroxyl groups excluding tert-OH is 1. The SMILES string of the molecule is CCOc1ccc2nc(N3C(=O)C(=O)/C(=C(/O)c4ccc(Cl)cc4)[C@@H]3c3ccc(Br)cc3)sc2c1. The van der Waals surface area contributed by atoms with Crippen molar-refractivity contribution in [3.63, 3.8) is 0 Å². The van der Waals surface area contributed by atoms with E-state index < -0.39 is 17.7 Å². The first-order chi connectivity index (χ1) is 16.9. The Morgan fingerprint density at radius 2 is 1.83 bits per heavy atom. The third-order valence-corrected chi connectivity index (χ3v) is 7.41. The highest BCUT2D eigenvalue weighted by atomic mass is 79.9. The summed E-state index contributed by atoms with van der Waals surface area (Å²) in [6, 6.07) is 18.4. The standard InChI is InChI=1S/C26H18BrClN2O4S/c1-2-34-18-11-12-19-20(13-18)35-26(29-19)30-22(14-3-7-16(27)8-4-14)21(24(32)25(30)33)23(31)15-5-9-17(28)10-6-15/h3-13,22,31H,2H2,1H3/b23-21+/t22-/m0/s1. The van der Waals surface area contributed by atoms with Gasteiger partial charge < -0.3 is 9.84 Å². The summed E-state index contributed by atoms with van der Waals surface area (Å²) < 4.78 is 7.25. The van der Waals surface area contributed by atoms with Gasteiger partial charge in [0, 0.05) is 15.1 Å². The topological polar surface area (TPSA) is 79.7 Å². The van der Waals surface area contributed by atoms with Crippen LogP contribution in [0.15, 0.2) is 76.8 Å². The molecule has 35 heavy (non-hydrogen) atoms. The molecule has 2 heterocycles. The molecule has 4 aromatic rings. The number of carbonyl (C=O) groups is 2. The van der Waals surface area contributed by atoms with Crippen molar-refractivity contribution in [3.8, 4) is 5.75 Å². The van der Waals surface area contributed by atoms with Gasteiger partial charge in [0.25, 0.3) is 5.78 Å². The predicted molar refractivity (Wildman–Crippen MR) is 141 cm³/mol. The van der Waals surface area contributed by atoms with Gasteiger partial charge in [-0.05, 0) is 67.1 Å². The van der Waals surface area contributed by atoms with E-state index in [2.05, 4.69) is 20.9 Å². The molecule has 5 rings (SSSR count). The van der Waals surface area contributed by atoms with Gasteiger partial charge >= 0.3 is 5.91 Å². The molecule has 0 aliphatic carbocycles. The Hall–Kier alpha value is -3.20. The molecule has 1 amide bonds. The zero-order valence-corrected chi connectivity index (χ0v) is 21.5. The summed E-state index contributed by atoms with van der Waals surface area (Å²) in [7, 11) is 0. The number of aromatic nitrogens is 1. The number of ether oxygens (including phenoxy) is 1. The maximum atomic E-state index is 13.3. The van der Waals surface area contributed by atoms with Crippen LogP contribution in [0.1, 0.15) is 24.1 Å². The number of anilines is 1. The molecular weight excluding hydrogens is 552 g/mol. The second-order valence-corrected chi connectivity index (χ2v) is 10.1. The fraction of sp³-hybridized carbons (Fsp3) is 0.115. The van der Waals surface area contributed by atoms with Gasteiger partial charge in [-0.1, -0.05) is 51.0 Å². The molecule has 9 heteroatoms. The number of hydrogen-bond acceptors (Lipinski definition) is 6. The number of aliphatic hydroxyl groups is 1. The van der Waals surface area contributed by atoms with Crippen LogP contribution in [0.5, 0.6) is 5.75 Å². The zero-order valence-electron chi connectivity index (χ0n) is 18.4. The van der Waals surface area contributed by atoms with Crippen molar-refractivity contribution in [1.82, 2.24) is 4.98 Å². The van der Waals surface area contributed by atoms with Crippen molar-refractivity contribution >= 4 is 71.7 Å². The van der Waals surface area contributed by atoms with E-state index in [0.717, 1.165) is 9.17 Å². The minimum absolute atomic E-state index is 0.00564. The average molecular weight is 570 g/mol. The van der Waals surface area contributed by atoms with Gasteiger partial charge in [0.1, 0.15) is 11.5 Å². The fourth-order valence-corrected chi connectivity index (χ4v) is 5.42. The van der Waals surface area contributed by atoms with Crippen molar-refractivity contribution in [1.29, 1.82) is 0 Å². The van der Waals surface area contributed by atoms with E-state index in [1.807, 2.05) is 49.4 Å². The molecule has 0 spiro atoms. The lowest BCUT2D eigenvalue weighted by Crippen LogP contribution is -2.29. The highest BCUT2D eigenvalue weighted by molar-refractivity contribution is 9.10. The van der Waals surface area contributed by atoms with Crippen LogP contribution in [0, 0.1) is 0 Å². The summed E-state index contributed by atoms with van der Waals surface area (Å²) in [6.07, 6.45) is 0. The van der Waals surface area contributed by atoms with Crippen LogP contribution in [0.2, 0.25) is 5.02 Å². The van der Waals surface area contributed by atoms with E-state index in [4.69, 9.17) is 16.3 Å². The molecule has 1 N–H and O–H groups in total. The lowest BCUT2D eigenvalue weighted by atomic mass is 9.95. The maximum Gasteiger partial charge on any atom is 0.301 e. The molecular formula is C26H18BrClN2O4S. The Morgan fingerprint density at radius 3 is 2.51 bits per heavy atom. The highest BCUT2D eigenvalue weighted by Gasteiger charge is 2.48. The molecule has 6 nitrogen and oxygen atoms in total. The van der Waals surface area contributed by atoms with E-state index in [1.165, 1.54) is 16.2 Å². The lowest BCUT2D eigenvalue weighted by molar-refractivity contribution is -0.132. The van der Waals surface area contributed by atoms with Crippen LogP contribution in [0.3, 0.4) is 0 Å². The van der Waals surface area contributed by atoms with Crippen molar-refractivity contribution in [2.75, 3.05) is 11.5 Å². The lowest BCUT2D eigenvalue weighted by Gasteiger charge is -2.23. The van der Waals surface area contributed by atoms with Crippen LogP contribution < -0.4 is 9.64 Å². The Labute approximate surface area is 218 Å². The number of hydrogen-bond donors (Lipinski definition) is 1. The van der Waals surface area contributed by atoms with Crippen LogP contribution in [0.4, 0.5) is 5.13 Å². The number of nitrogens with zero attached hydrogens (tertiary/aromatic N) is 2. The van der Waals surface area contributed by atoms with E-state index in [9.17, 15) is 14.7 Å². The number of amides is 1. The molecule has 176 valence electrons. The van der Waals surface area contributed by atoms with Crippen molar-refractivity contribution in [3.05, 3.63) is 92.9 Å². The number of carbonyl (C=O) groups excluding carboxylic acids is 2. The molecule has 1 aromatic heterocycles. The van der Waals surface area contributed by atoms with Crippen LogP contribution >= 0.6 is 38.9 Å². The molecule has 3 aromatic carbocycles. The van der Waals surface area contributed by atoms with Crippen molar-refractivity contribution in [2.24, 2.45) is 0 Å². The Morgan fingerprint density at radius 1 is 1.11 bits per heavy atom. The predicted octanol–water partition coefficient (Wildman–Crippen LogP) is 6.74. The number of fused-ring (bicyclic) bond motifs is 1. The zero-order chi connectivity index (χ0) is 24.7. The molecule has 0 bridgehead atoms. The van der Waals surface area contributed by atoms with Crippen LogP contribution in [-0.4, -0.2) is 28.4 Å². The molecule has 1 aliphatic heterocycles. The third kappa shape index (κ3) is 4.33. The highest BCUT2D eigenvalue weighted by Crippen LogP contribution is 2.44. The molecule has 1 aliphatic rings. The monoisotopic (exact) mass is 568 g/mol. The first-order valence-corrected chi connectivity index (χ1v) is 12.7. The average Bonchev–Trinajstić information content (AvgIpc) is 3.38. The van der Waals surface area contributed by atoms with Gasteiger partial charge in [-0.2, -0.15) is 0 Å². The second kappa shape index (κ2) is 9.45. The van der Waals surface area contributed by atoms with E-state index in [-0.39, 0.29) is 11.3 Å². The minimum atomic E-state index is -0.856. The van der Waals surface area contributed by atoms with Gasteiger partial charge in [0.2, 0.25) is 0 Å². The maximum absolute atomic E-state index is 13.3. The largest absolute Gasteiger partial charge is 0.507 e. The van der Waals surface area contributed by atoms with Gasteiger partial charge in [-0.15, -0.1) is 0 Å². The van der Waals surface area contributed by atoms with Crippen LogP contribution in [0.25, 0.3) is 16.0 Å². The quantitative estimate of drug-likeness (QED) is 0.164. The number of ketones is 1. The third-order valence-electron chi connectivity index (χ3n) is 5.61. The Balaban J connectivity index is 1.69. The summed E-state index contributed by atoms with van der Waals surface area (Å²) in [5.41, 5.74) is 1.73. The normalized spacial score (nSPS) is 17.3. The van der Waals surface area contributed by atoms with E-state index in [1.54, 1.807) is 24.3 Å². The van der Waals surface area contributed by atoms with Crippen LogP contribution in [-0.2, 0) is 9.59 Å². The summed E-state index contributed by atoms with van der Waals surface area (Å²) in [5, 5.41) is 12.0. The molecule has 0 saturated carbocycles. The summed E-state index contributed by atoms with van der Waals surface area (Å²) in [4.78, 5) is 32.6. The summed E-state index contributed by atoms with van der Waals surface area (Å²) in [6.45, 7) is 2.43. The molecule has 1 fully saturated rings. The summed E-state index contributed by atoms with van der Waals surface area (Å²) >= 11 is 10.7.